The van der Waals surface area contributed by atoms with Gasteiger partial charge < -0.3 is 4.90 Å². The van der Waals surface area contributed by atoms with E-state index in [4.69, 9.17) is 0 Å². The molecule has 1 fully saturated rings. The standard InChI is InChI=1S/C10H18FN/c1-10(11)6-5-9-12-7-3-2-4-8-12/h1-9H2. The average Bonchev–Trinajstić information content (AvgIpc) is 2.05. The van der Waals surface area contributed by atoms with Crippen molar-refractivity contribution in [1.82, 2.24) is 4.90 Å². The number of piperidine rings is 1. The Morgan fingerprint density at radius 2 is 1.92 bits per heavy atom. The Morgan fingerprint density at radius 1 is 1.25 bits per heavy atom. The van der Waals surface area contributed by atoms with Crippen molar-refractivity contribution in [3.63, 3.8) is 0 Å². The normalized spacial score (nSPS) is 19.4. The SMILES string of the molecule is C=C(F)CCCN1CCCCC1. The fraction of sp³-hybridized carbons (Fsp3) is 0.800. The summed E-state index contributed by atoms with van der Waals surface area (Å²) in [4.78, 5) is 2.42. The lowest BCUT2D eigenvalue weighted by atomic mass is 10.1. The summed E-state index contributed by atoms with van der Waals surface area (Å²) in [7, 11) is 0. The van der Waals surface area contributed by atoms with Gasteiger partial charge in [0.15, 0.2) is 0 Å². The molecule has 2 heteroatoms. The van der Waals surface area contributed by atoms with Gasteiger partial charge in [0.1, 0.15) is 0 Å². The molecule has 70 valence electrons. The van der Waals surface area contributed by atoms with Gasteiger partial charge in [0.2, 0.25) is 0 Å². The van der Waals surface area contributed by atoms with Crippen LogP contribution in [-0.2, 0) is 0 Å². The van der Waals surface area contributed by atoms with Gasteiger partial charge in [0, 0.05) is 0 Å². The molecule has 0 aromatic rings. The fourth-order valence-electron chi connectivity index (χ4n) is 1.68. The first-order valence-corrected chi connectivity index (χ1v) is 4.84. The summed E-state index contributed by atoms with van der Waals surface area (Å²) in [6.45, 7) is 6.71. The molecule has 1 heterocycles. The van der Waals surface area contributed by atoms with Crippen LogP contribution in [-0.4, -0.2) is 24.5 Å². The zero-order chi connectivity index (χ0) is 8.81. The van der Waals surface area contributed by atoms with E-state index >= 15 is 0 Å². The number of nitrogens with zero attached hydrogens (tertiary/aromatic N) is 1. The van der Waals surface area contributed by atoms with Crippen LogP contribution in [0.5, 0.6) is 0 Å². The summed E-state index contributed by atoms with van der Waals surface area (Å²) < 4.78 is 12.2. The quantitative estimate of drug-likeness (QED) is 0.628. The van der Waals surface area contributed by atoms with Crippen LogP contribution in [0, 0.1) is 0 Å². The predicted octanol–water partition coefficient (Wildman–Crippen LogP) is 2.74. The Kier molecular flexibility index (Phi) is 4.30. The number of halogens is 1. The van der Waals surface area contributed by atoms with Crippen LogP contribution < -0.4 is 0 Å². The van der Waals surface area contributed by atoms with Gasteiger partial charge >= 0.3 is 0 Å². The smallest absolute Gasteiger partial charge is 0.0928 e. The average molecular weight is 171 g/mol. The third kappa shape index (κ3) is 3.86. The summed E-state index contributed by atoms with van der Waals surface area (Å²) >= 11 is 0. The molecule has 0 saturated carbocycles. The van der Waals surface area contributed by atoms with Gasteiger partial charge in [0.25, 0.3) is 0 Å². The summed E-state index contributed by atoms with van der Waals surface area (Å²) in [5.74, 6) is -0.174. The van der Waals surface area contributed by atoms with Crippen LogP contribution in [0.25, 0.3) is 0 Å². The molecule has 1 saturated heterocycles. The lowest BCUT2D eigenvalue weighted by Gasteiger charge is -2.26. The van der Waals surface area contributed by atoms with Crippen LogP contribution in [0.1, 0.15) is 32.1 Å². The number of likely N-dealkylation sites (tertiary alicyclic amines) is 1. The maximum absolute atomic E-state index is 12.2. The highest BCUT2D eigenvalue weighted by molar-refractivity contribution is 4.79. The second kappa shape index (κ2) is 5.31. The molecule has 0 bridgehead atoms. The summed E-state index contributed by atoms with van der Waals surface area (Å²) in [6, 6.07) is 0. The van der Waals surface area contributed by atoms with E-state index in [0.29, 0.717) is 6.42 Å². The van der Waals surface area contributed by atoms with Crippen molar-refractivity contribution < 1.29 is 4.39 Å². The zero-order valence-electron chi connectivity index (χ0n) is 7.69. The van der Waals surface area contributed by atoms with E-state index in [-0.39, 0.29) is 5.83 Å². The van der Waals surface area contributed by atoms with Crippen molar-refractivity contribution in [1.29, 1.82) is 0 Å². The molecular formula is C10H18FN. The third-order valence-electron chi connectivity index (χ3n) is 2.37. The van der Waals surface area contributed by atoms with E-state index in [1.807, 2.05) is 0 Å². The molecular weight excluding hydrogens is 153 g/mol. The molecule has 0 unspecified atom stereocenters. The lowest BCUT2D eigenvalue weighted by Crippen LogP contribution is -2.30. The van der Waals surface area contributed by atoms with Crippen LogP contribution in [0.15, 0.2) is 12.4 Å². The van der Waals surface area contributed by atoms with E-state index in [1.165, 1.54) is 32.4 Å². The van der Waals surface area contributed by atoms with Gasteiger partial charge in [-0.3, -0.25) is 0 Å². The lowest BCUT2D eigenvalue weighted by molar-refractivity contribution is 0.225. The second-order valence-corrected chi connectivity index (χ2v) is 3.52. The van der Waals surface area contributed by atoms with Gasteiger partial charge in [-0.25, -0.2) is 4.39 Å². The van der Waals surface area contributed by atoms with E-state index in [1.54, 1.807) is 0 Å². The van der Waals surface area contributed by atoms with Crippen LogP contribution >= 0.6 is 0 Å². The molecule has 0 aliphatic carbocycles. The first kappa shape index (κ1) is 9.72. The monoisotopic (exact) mass is 171 g/mol. The number of hydrogen-bond donors (Lipinski definition) is 0. The highest BCUT2D eigenvalue weighted by Gasteiger charge is 2.08. The number of hydrogen-bond acceptors (Lipinski definition) is 1. The minimum Gasteiger partial charge on any atom is -0.303 e. The van der Waals surface area contributed by atoms with E-state index in [9.17, 15) is 4.39 Å². The molecule has 0 aromatic heterocycles. The van der Waals surface area contributed by atoms with Crippen molar-refractivity contribution >= 4 is 0 Å². The molecule has 1 nitrogen and oxygen atoms in total. The molecule has 1 rings (SSSR count). The molecule has 1 aliphatic rings. The number of rotatable bonds is 4. The Morgan fingerprint density at radius 3 is 2.50 bits per heavy atom. The van der Waals surface area contributed by atoms with Gasteiger partial charge in [-0.15, -0.1) is 0 Å². The van der Waals surface area contributed by atoms with Gasteiger partial charge in [-0.2, -0.15) is 0 Å². The molecule has 0 atom stereocenters. The van der Waals surface area contributed by atoms with Crippen molar-refractivity contribution in [3.05, 3.63) is 12.4 Å². The zero-order valence-corrected chi connectivity index (χ0v) is 7.69. The maximum Gasteiger partial charge on any atom is 0.0928 e. The van der Waals surface area contributed by atoms with Crippen molar-refractivity contribution in [2.24, 2.45) is 0 Å². The first-order chi connectivity index (χ1) is 5.79. The maximum atomic E-state index is 12.2. The number of allylic oxidation sites excluding steroid dienone is 1. The highest BCUT2D eigenvalue weighted by atomic mass is 19.1. The van der Waals surface area contributed by atoms with Crippen LogP contribution in [0.2, 0.25) is 0 Å². The summed E-state index contributed by atoms with van der Waals surface area (Å²) in [5.41, 5.74) is 0. The van der Waals surface area contributed by atoms with Gasteiger partial charge in [0.05, 0.1) is 5.83 Å². The highest BCUT2D eigenvalue weighted by Crippen LogP contribution is 2.10. The van der Waals surface area contributed by atoms with E-state index < -0.39 is 0 Å². The fourth-order valence-corrected chi connectivity index (χ4v) is 1.68. The minimum atomic E-state index is -0.174. The molecule has 12 heavy (non-hydrogen) atoms. The van der Waals surface area contributed by atoms with E-state index in [0.717, 1.165) is 13.0 Å². The van der Waals surface area contributed by atoms with Crippen molar-refractivity contribution in [2.45, 2.75) is 32.1 Å². The predicted molar refractivity (Wildman–Crippen MR) is 49.8 cm³/mol. The molecule has 0 aromatic carbocycles. The Balaban J connectivity index is 2.01. The van der Waals surface area contributed by atoms with E-state index in [2.05, 4.69) is 11.5 Å². The van der Waals surface area contributed by atoms with Crippen molar-refractivity contribution in [3.8, 4) is 0 Å². The summed E-state index contributed by atoms with van der Waals surface area (Å²) in [6.07, 6.45) is 5.46. The topological polar surface area (TPSA) is 3.24 Å². The second-order valence-electron chi connectivity index (χ2n) is 3.52. The molecule has 1 aliphatic heterocycles. The summed E-state index contributed by atoms with van der Waals surface area (Å²) in [5, 5.41) is 0. The largest absolute Gasteiger partial charge is 0.303 e. The third-order valence-corrected chi connectivity index (χ3v) is 2.37. The Bertz CT molecular complexity index is 139. The molecule has 0 N–H and O–H groups in total. The van der Waals surface area contributed by atoms with Crippen LogP contribution in [0.3, 0.4) is 0 Å². The molecule has 0 radical (unpaired) electrons. The van der Waals surface area contributed by atoms with Gasteiger partial charge in [-0.1, -0.05) is 13.0 Å². The van der Waals surface area contributed by atoms with Crippen molar-refractivity contribution in [2.75, 3.05) is 19.6 Å². The molecule has 0 spiro atoms. The Hall–Kier alpha value is -0.370. The van der Waals surface area contributed by atoms with Gasteiger partial charge in [-0.05, 0) is 45.3 Å². The molecule has 0 amide bonds. The minimum absolute atomic E-state index is 0.174. The Labute approximate surface area is 74.3 Å². The van der Waals surface area contributed by atoms with Crippen LogP contribution in [0.4, 0.5) is 4.39 Å². The first-order valence-electron chi connectivity index (χ1n) is 4.84.